The summed E-state index contributed by atoms with van der Waals surface area (Å²) in [4.78, 5) is 52.5. The maximum atomic E-state index is 12.9. The highest BCUT2D eigenvalue weighted by molar-refractivity contribution is 6.05. The second-order valence-electron chi connectivity index (χ2n) is 8.67. The number of benzene rings is 1. The molecule has 4 aliphatic heterocycles. The predicted octanol–water partition coefficient (Wildman–Crippen LogP) is -0.888. The van der Waals surface area contributed by atoms with Crippen LogP contribution in [0, 0.1) is 0 Å². The van der Waals surface area contributed by atoms with E-state index in [2.05, 4.69) is 20.9 Å². The molecule has 1 atom stereocenters. The lowest BCUT2D eigenvalue weighted by molar-refractivity contribution is -0.137. The van der Waals surface area contributed by atoms with Gasteiger partial charge in [0.05, 0.1) is 5.54 Å². The van der Waals surface area contributed by atoms with Crippen LogP contribution in [0.4, 0.5) is 0 Å². The zero-order valence-electron chi connectivity index (χ0n) is 16.7. The van der Waals surface area contributed by atoms with Crippen molar-refractivity contribution in [1.82, 2.24) is 25.8 Å². The second kappa shape index (κ2) is 7.17. The van der Waals surface area contributed by atoms with Gasteiger partial charge >= 0.3 is 0 Å². The van der Waals surface area contributed by atoms with Gasteiger partial charge in [-0.25, -0.2) is 0 Å². The fourth-order valence-electron chi connectivity index (χ4n) is 5.00. The normalized spacial score (nSPS) is 26.1. The Hall–Kier alpha value is -2.78. The van der Waals surface area contributed by atoms with Crippen molar-refractivity contribution in [2.24, 2.45) is 0 Å². The van der Waals surface area contributed by atoms with Gasteiger partial charge in [0.25, 0.3) is 5.91 Å². The Labute approximate surface area is 174 Å². The standard InChI is InChI=1S/C21H25N5O4/c27-17-4-3-16(19(29)24-17)26-10-14-7-13(1-2-15(14)20(26)30)9-25-6-5-23-18(28)8-21(25)11-22-12-21/h1-2,7,16,22H,3-6,8-12H2,(H,23,28)(H,24,27,29). The van der Waals surface area contributed by atoms with Crippen molar-refractivity contribution in [2.45, 2.75) is 43.9 Å². The van der Waals surface area contributed by atoms with Crippen molar-refractivity contribution in [3.8, 4) is 0 Å². The summed E-state index contributed by atoms with van der Waals surface area (Å²) in [6, 6.07) is 5.24. The summed E-state index contributed by atoms with van der Waals surface area (Å²) in [6.07, 6.45) is 1.11. The molecule has 4 heterocycles. The zero-order valence-corrected chi connectivity index (χ0v) is 16.7. The molecule has 158 valence electrons. The van der Waals surface area contributed by atoms with Crippen molar-refractivity contribution in [3.63, 3.8) is 0 Å². The van der Waals surface area contributed by atoms with Crippen LogP contribution in [0.2, 0.25) is 0 Å². The average molecular weight is 411 g/mol. The predicted molar refractivity (Wildman–Crippen MR) is 106 cm³/mol. The number of hydrogen-bond donors (Lipinski definition) is 3. The van der Waals surface area contributed by atoms with E-state index in [4.69, 9.17) is 0 Å². The number of fused-ring (bicyclic) bond motifs is 1. The molecule has 0 bridgehead atoms. The van der Waals surface area contributed by atoms with E-state index in [-0.39, 0.29) is 29.7 Å². The molecule has 1 aromatic rings. The van der Waals surface area contributed by atoms with Crippen molar-refractivity contribution in [1.29, 1.82) is 0 Å². The average Bonchev–Trinajstić information content (AvgIpc) is 2.89. The van der Waals surface area contributed by atoms with Gasteiger partial charge in [0.2, 0.25) is 17.7 Å². The Kier molecular flexibility index (Phi) is 4.59. The minimum absolute atomic E-state index is 0.0958. The Morgan fingerprint density at radius 3 is 2.67 bits per heavy atom. The Morgan fingerprint density at radius 2 is 1.93 bits per heavy atom. The molecule has 1 unspecified atom stereocenters. The SMILES string of the molecule is O=C1CC2(CNC2)N(Cc2ccc3c(c2)CN(C2CCC(=O)NC2=O)C3=O)CCN1. The second-order valence-corrected chi connectivity index (χ2v) is 8.67. The molecule has 9 nitrogen and oxygen atoms in total. The molecule has 3 saturated heterocycles. The number of carbonyl (C=O) groups is 4. The molecule has 3 fully saturated rings. The summed E-state index contributed by atoms with van der Waals surface area (Å²) in [5.41, 5.74) is 2.48. The van der Waals surface area contributed by atoms with E-state index in [1.807, 2.05) is 18.2 Å². The van der Waals surface area contributed by atoms with E-state index in [1.165, 1.54) is 0 Å². The molecule has 30 heavy (non-hydrogen) atoms. The minimum Gasteiger partial charge on any atom is -0.355 e. The molecule has 9 heteroatoms. The maximum absolute atomic E-state index is 12.9. The third-order valence-electron chi connectivity index (χ3n) is 6.73. The van der Waals surface area contributed by atoms with Crippen LogP contribution in [-0.4, -0.2) is 71.2 Å². The van der Waals surface area contributed by atoms with Crippen LogP contribution in [0.1, 0.15) is 40.7 Å². The van der Waals surface area contributed by atoms with Crippen molar-refractivity contribution in [3.05, 3.63) is 34.9 Å². The van der Waals surface area contributed by atoms with Gasteiger partial charge in [-0.15, -0.1) is 0 Å². The summed E-state index contributed by atoms with van der Waals surface area (Å²) in [7, 11) is 0. The van der Waals surface area contributed by atoms with Gasteiger partial charge < -0.3 is 15.5 Å². The van der Waals surface area contributed by atoms with Gasteiger partial charge in [-0.3, -0.25) is 29.4 Å². The number of carbonyl (C=O) groups excluding carboxylic acids is 4. The maximum Gasteiger partial charge on any atom is 0.255 e. The molecule has 1 aromatic carbocycles. The molecular formula is C21H25N5O4. The highest BCUT2D eigenvalue weighted by atomic mass is 16.2. The lowest BCUT2D eigenvalue weighted by atomic mass is 9.86. The summed E-state index contributed by atoms with van der Waals surface area (Å²) in [5, 5.41) is 8.59. The fourth-order valence-corrected chi connectivity index (χ4v) is 5.00. The zero-order chi connectivity index (χ0) is 20.9. The minimum atomic E-state index is -0.599. The Balaban J connectivity index is 1.34. The fraction of sp³-hybridized carbons (Fsp3) is 0.524. The first-order valence-electron chi connectivity index (χ1n) is 10.4. The van der Waals surface area contributed by atoms with Crippen LogP contribution in [0.15, 0.2) is 18.2 Å². The highest BCUT2D eigenvalue weighted by Gasteiger charge is 2.45. The molecule has 5 rings (SSSR count). The van der Waals surface area contributed by atoms with Crippen LogP contribution >= 0.6 is 0 Å². The summed E-state index contributed by atoms with van der Waals surface area (Å²) in [6.45, 7) is 4.09. The summed E-state index contributed by atoms with van der Waals surface area (Å²) >= 11 is 0. The smallest absolute Gasteiger partial charge is 0.255 e. The molecule has 0 radical (unpaired) electrons. The molecule has 4 amide bonds. The Morgan fingerprint density at radius 1 is 1.10 bits per heavy atom. The van der Waals surface area contributed by atoms with Gasteiger partial charge in [0.1, 0.15) is 6.04 Å². The lowest BCUT2D eigenvalue weighted by Crippen LogP contribution is -2.69. The third kappa shape index (κ3) is 3.18. The summed E-state index contributed by atoms with van der Waals surface area (Å²) < 4.78 is 0. The van der Waals surface area contributed by atoms with Crippen LogP contribution in [0.5, 0.6) is 0 Å². The molecule has 0 saturated carbocycles. The van der Waals surface area contributed by atoms with E-state index in [9.17, 15) is 19.2 Å². The number of imide groups is 1. The van der Waals surface area contributed by atoms with Crippen LogP contribution in [0.3, 0.4) is 0 Å². The largest absolute Gasteiger partial charge is 0.355 e. The van der Waals surface area contributed by atoms with Crippen LogP contribution in [0.25, 0.3) is 0 Å². The number of rotatable bonds is 3. The van der Waals surface area contributed by atoms with Gasteiger partial charge in [0, 0.05) is 57.7 Å². The third-order valence-corrected chi connectivity index (χ3v) is 6.73. The van der Waals surface area contributed by atoms with E-state index in [0.717, 1.165) is 30.8 Å². The monoisotopic (exact) mass is 411 g/mol. The Bertz CT molecular complexity index is 941. The number of piperidine rings is 1. The molecule has 4 aliphatic rings. The number of nitrogens with zero attached hydrogens (tertiary/aromatic N) is 2. The highest BCUT2D eigenvalue weighted by Crippen LogP contribution is 2.31. The summed E-state index contributed by atoms with van der Waals surface area (Å²) in [5.74, 6) is -0.741. The van der Waals surface area contributed by atoms with Gasteiger partial charge in [-0.2, -0.15) is 0 Å². The van der Waals surface area contributed by atoms with Crippen LogP contribution in [-0.2, 0) is 27.5 Å². The van der Waals surface area contributed by atoms with E-state index in [0.29, 0.717) is 38.0 Å². The molecule has 1 spiro atoms. The van der Waals surface area contributed by atoms with Crippen molar-refractivity contribution in [2.75, 3.05) is 26.2 Å². The molecule has 0 aromatic heterocycles. The molecule has 3 N–H and O–H groups in total. The van der Waals surface area contributed by atoms with Crippen molar-refractivity contribution >= 4 is 23.6 Å². The molecule has 0 aliphatic carbocycles. The van der Waals surface area contributed by atoms with E-state index < -0.39 is 11.9 Å². The first-order valence-corrected chi connectivity index (χ1v) is 10.4. The molecular weight excluding hydrogens is 386 g/mol. The van der Waals surface area contributed by atoms with Gasteiger partial charge in [-0.1, -0.05) is 12.1 Å². The first-order chi connectivity index (χ1) is 14.4. The van der Waals surface area contributed by atoms with Gasteiger partial charge in [-0.05, 0) is 23.6 Å². The number of nitrogens with one attached hydrogen (secondary N) is 3. The van der Waals surface area contributed by atoms with E-state index in [1.54, 1.807) is 4.90 Å². The number of amides is 4. The topological polar surface area (TPSA) is 111 Å². The first kappa shape index (κ1) is 19.2. The van der Waals surface area contributed by atoms with Crippen molar-refractivity contribution < 1.29 is 19.2 Å². The van der Waals surface area contributed by atoms with Crippen LogP contribution < -0.4 is 16.0 Å². The van der Waals surface area contributed by atoms with E-state index >= 15 is 0 Å². The van der Waals surface area contributed by atoms with Gasteiger partial charge in [0.15, 0.2) is 0 Å². The lowest BCUT2D eigenvalue weighted by Gasteiger charge is -2.49. The number of hydrogen-bond acceptors (Lipinski definition) is 6. The quantitative estimate of drug-likeness (QED) is 0.557.